The summed E-state index contributed by atoms with van der Waals surface area (Å²) in [6, 6.07) is 16.2. The minimum Gasteiger partial charge on any atom is -0.322 e. The van der Waals surface area contributed by atoms with E-state index in [2.05, 4.69) is 10.0 Å². The molecule has 1 amide bonds. The summed E-state index contributed by atoms with van der Waals surface area (Å²) in [4.78, 5) is 12.2. The van der Waals surface area contributed by atoms with E-state index < -0.39 is 27.7 Å². The summed E-state index contributed by atoms with van der Waals surface area (Å²) in [6.45, 7) is 1.77. The van der Waals surface area contributed by atoms with E-state index in [9.17, 15) is 26.4 Å². The Morgan fingerprint density at radius 2 is 1.53 bits per heavy atom. The number of carbonyl (C=O) groups excluding carboxylic acids is 1. The molecule has 0 saturated carbocycles. The normalized spacial score (nSPS) is 11.7. The van der Waals surface area contributed by atoms with Crippen LogP contribution in [0.25, 0.3) is 0 Å². The van der Waals surface area contributed by atoms with Crippen LogP contribution in [0.5, 0.6) is 0 Å². The average Bonchev–Trinajstić information content (AvgIpc) is 2.68. The molecule has 0 fully saturated rings. The summed E-state index contributed by atoms with van der Waals surface area (Å²) in [5.41, 5.74) is 0.231. The lowest BCUT2D eigenvalue weighted by Gasteiger charge is -2.12. The number of alkyl halides is 3. The van der Waals surface area contributed by atoms with Gasteiger partial charge in [0, 0.05) is 16.9 Å². The van der Waals surface area contributed by atoms with Crippen LogP contribution in [-0.4, -0.2) is 14.3 Å². The van der Waals surface area contributed by atoms with E-state index in [-0.39, 0.29) is 16.3 Å². The van der Waals surface area contributed by atoms with Crippen LogP contribution < -0.4 is 10.0 Å². The molecule has 0 heterocycles. The first-order chi connectivity index (χ1) is 14.1. The maximum Gasteiger partial charge on any atom is 0.416 e. The van der Waals surface area contributed by atoms with Crippen LogP contribution in [0.1, 0.15) is 21.5 Å². The number of anilines is 2. The molecule has 0 aliphatic rings. The van der Waals surface area contributed by atoms with E-state index >= 15 is 0 Å². The fourth-order valence-electron chi connectivity index (χ4n) is 2.74. The average molecular weight is 434 g/mol. The van der Waals surface area contributed by atoms with Gasteiger partial charge in [-0.05, 0) is 55.0 Å². The lowest BCUT2D eigenvalue weighted by Crippen LogP contribution is -2.16. The zero-order valence-electron chi connectivity index (χ0n) is 15.7. The number of sulfonamides is 1. The number of carbonyl (C=O) groups is 1. The molecular weight excluding hydrogens is 417 g/mol. The van der Waals surface area contributed by atoms with Crippen molar-refractivity contribution in [2.75, 3.05) is 10.0 Å². The molecule has 0 atom stereocenters. The van der Waals surface area contributed by atoms with Crippen molar-refractivity contribution < 1.29 is 26.4 Å². The topological polar surface area (TPSA) is 75.3 Å². The molecule has 0 aliphatic carbocycles. The molecule has 5 nitrogen and oxygen atoms in total. The fraction of sp³-hybridized carbons (Fsp3) is 0.0952. The number of hydrogen-bond donors (Lipinski definition) is 2. The molecule has 2 N–H and O–H groups in total. The molecule has 30 heavy (non-hydrogen) atoms. The first-order valence-electron chi connectivity index (χ1n) is 8.73. The van der Waals surface area contributed by atoms with Gasteiger partial charge in [-0.1, -0.05) is 30.3 Å². The van der Waals surface area contributed by atoms with Crippen LogP contribution in [-0.2, 0) is 16.2 Å². The lowest BCUT2D eigenvalue weighted by atomic mass is 10.1. The number of nitrogens with one attached hydrogen (secondary N) is 2. The Balaban J connectivity index is 1.83. The summed E-state index contributed by atoms with van der Waals surface area (Å²) in [5, 5.41) is 2.62. The van der Waals surface area contributed by atoms with Crippen LogP contribution in [0.3, 0.4) is 0 Å². The highest BCUT2D eigenvalue weighted by molar-refractivity contribution is 7.92. The highest BCUT2D eigenvalue weighted by atomic mass is 32.2. The second kappa shape index (κ2) is 8.19. The van der Waals surface area contributed by atoms with E-state index in [4.69, 9.17) is 0 Å². The van der Waals surface area contributed by atoms with Crippen molar-refractivity contribution in [1.82, 2.24) is 0 Å². The van der Waals surface area contributed by atoms with E-state index in [1.807, 2.05) is 0 Å². The molecule has 156 valence electrons. The SMILES string of the molecule is Cc1ccccc1C(=O)Nc1cccc(S(=O)(=O)Nc2cccc(C(F)(F)F)c2)c1. The number of halogens is 3. The van der Waals surface area contributed by atoms with Crippen molar-refractivity contribution in [3.63, 3.8) is 0 Å². The fourth-order valence-corrected chi connectivity index (χ4v) is 3.84. The van der Waals surface area contributed by atoms with Gasteiger partial charge in [-0.15, -0.1) is 0 Å². The van der Waals surface area contributed by atoms with Crippen LogP contribution in [0.4, 0.5) is 24.5 Å². The standard InChI is InChI=1S/C21H17F3N2O3S/c1-14-6-2-3-11-19(14)20(27)25-16-8-5-10-18(13-16)30(28,29)26-17-9-4-7-15(12-17)21(22,23)24/h2-13,26H,1H3,(H,25,27). The number of aryl methyl sites for hydroxylation is 1. The molecule has 0 unspecified atom stereocenters. The van der Waals surface area contributed by atoms with Gasteiger partial charge >= 0.3 is 6.18 Å². The van der Waals surface area contributed by atoms with E-state index in [0.717, 1.165) is 17.7 Å². The maximum atomic E-state index is 12.8. The molecular formula is C21H17F3N2O3S. The Bertz CT molecular complexity index is 1190. The minimum absolute atomic E-state index is 0.206. The second-order valence-corrected chi connectivity index (χ2v) is 8.16. The van der Waals surface area contributed by atoms with Crippen molar-refractivity contribution >= 4 is 27.3 Å². The Morgan fingerprint density at radius 1 is 0.867 bits per heavy atom. The number of amides is 1. The largest absolute Gasteiger partial charge is 0.416 e. The van der Waals surface area contributed by atoms with Crippen molar-refractivity contribution in [3.05, 3.63) is 89.5 Å². The highest BCUT2D eigenvalue weighted by Gasteiger charge is 2.30. The van der Waals surface area contributed by atoms with Crippen molar-refractivity contribution in [2.24, 2.45) is 0 Å². The van der Waals surface area contributed by atoms with Crippen LogP contribution in [0.15, 0.2) is 77.7 Å². The van der Waals surface area contributed by atoms with Gasteiger partial charge < -0.3 is 5.32 Å². The number of benzene rings is 3. The molecule has 3 rings (SSSR count). The Kier molecular flexibility index (Phi) is 5.84. The third kappa shape index (κ3) is 4.98. The predicted molar refractivity (Wildman–Crippen MR) is 108 cm³/mol. The van der Waals surface area contributed by atoms with Crippen molar-refractivity contribution in [2.45, 2.75) is 18.0 Å². The van der Waals surface area contributed by atoms with Crippen LogP contribution in [0.2, 0.25) is 0 Å². The van der Waals surface area contributed by atoms with Crippen molar-refractivity contribution in [3.8, 4) is 0 Å². The summed E-state index contributed by atoms with van der Waals surface area (Å²) in [6.07, 6.45) is -4.60. The van der Waals surface area contributed by atoms with Gasteiger partial charge in [-0.25, -0.2) is 8.42 Å². The lowest BCUT2D eigenvalue weighted by molar-refractivity contribution is -0.137. The van der Waals surface area contributed by atoms with Crippen LogP contribution in [0, 0.1) is 6.92 Å². The summed E-state index contributed by atoms with van der Waals surface area (Å²) >= 11 is 0. The van der Waals surface area contributed by atoms with Gasteiger partial charge in [0.05, 0.1) is 10.5 Å². The zero-order chi connectivity index (χ0) is 21.9. The molecule has 0 aromatic heterocycles. The zero-order valence-corrected chi connectivity index (χ0v) is 16.5. The highest BCUT2D eigenvalue weighted by Crippen LogP contribution is 2.31. The summed E-state index contributed by atoms with van der Waals surface area (Å²) < 4.78 is 65.9. The second-order valence-electron chi connectivity index (χ2n) is 6.48. The molecule has 0 aliphatic heterocycles. The van der Waals surface area contributed by atoms with E-state index in [1.165, 1.54) is 30.3 Å². The maximum absolute atomic E-state index is 12.8. The molecule has 0 saturated heterocycles. The van der Waals surface area contributed by atoms with Gasteiger partial charge in [0.15, 0.2) is 0 Å². The molecule has 3 aromatic rings. The van der Waals surface area contributed by atoms with Gasteiger partial charge in [-0.3, -0.25) is 9.52 Å². The smallest absolute Gasteiger partial charge is 0.322 e. The Labute approximate surface area is 171 Å². The number of rotatable bonds is 5. The molecule has 0 spiro atoms. The third-order valence-corrected chi connectivity index (χ3v) is 5.61. The first-order valence-corrected chi connectivity index (χ1v) is 10.2. The van der Waals surface area contributed by atoms with E-state index in [0.29, 0.717) is 11.6 Å². The van der Waals surface area contributed by atoms with Crippen LogP contribution >= 0.6 is 0 Å². The minimum atomic E-state index is -4.60. The van der Waals surface area contributed by atoms with Gasteiger partial charge in [0.2, 0.25) is 0 Å². The quantitative estimate of drug-likeness (QED) is 0.589. The third-order valence-electron chi connectivity index (χ3n) is 4.23. The molecule has 0 radical (unpaired) electrons. The summed E-state index contributed by atoms with van der Waals surface area (Å²) in [5.74, 6) is -0.409. The monoisotopic (exact) mass is 434 g/mol. The van der Waals surface area contributed by atoms with E-state index in [1.54, 1.807) is 31.2 Å². The van der Waals surface area contributed by atoms with Gasteiger partial charge in [0.25, 0.3) is 15.9 Å². The molecule has 9 heteroatoms. The molecule has 3 aromatic carbocycles. The predicted octanol–water partition coefficient (Wildman–Crippen LogP) is 5.07. The van der Waals surface area contributed by atoms with Crippen molar-refractivity contribution in [1.29, 1.82) is 0 Å². The summed E-state index contributed by atoms with van der Waals surface area (Å²) in [7, 11) is -4.18. The van der Waals surface area contributed by atoms with Gasteiger partial charge in [0.1, 0.15) is 0 Å². The number of hydrogen-bond acceptors (Lipinski definition) is 3. The van der Waals surface area contributed by atoms with Gasteiger partial charge in [-0.2, -0.15) is 13.2 Å². The molecule has 0 bridgehead atoms. The Morgan fingerprint density at radius 3 is 2.23 bits per heavy atom. The first kappa shape index (κ1) is 21.4. The Hall–Kier alpha value is -3.33.